The molecule has 0 aromatic rings. The summed E-state index contributed by atoms with van der Waals surface area (Å²) in [5.41, 5.74) is 5.80. The van der Waals surface area contributed by atoms with Crippen LogP contribution in [0.2, 0.25) is 0 Å². The summed E-state index contributed by atoms with van der Waals surface area (Å²) in [5.74, 6) is 0.0285. The van der Waals surface area contributed by atoms with Gasteiger partial charge in [0, 0.05) is 19.1 Å². The number of nitrogens with one attached hydrogen (secondary N) is 1. The molecule has 0 aliphatic carbocycles. The lowest BCUT2D eigenvalue weighted by molar-refractivity contribution is -0.123. The van der Waals surface area contributed by atoms with E-state index in [1.807, 2.05) is 0 Å². The van der Waals surface area contributed by atoms with E-state index in [9.17, 15) is 4.79 Å². The van der Waals surface area contributed by atoms with Gasteiger partial charge in [0.25, 0.3) is 0 Å². The van der Waals surface area contributed by atoms with E-state index in [1.54, 1.807) is 0 Å². The summed E-state index contributed by atoms with van der Waals surface area (Å²) in [5, 5.41) is 3.08. The summed E-state index contributed by atoms with van der Waals surface area (Å²) < 4.78 is 0. The molecule has 0 aromatic carbocycles. The van der Waals surface area contributed by atoms with E-state index < -0.39 is 0 Å². The highest BCUT2D eigenvalue weighted by atomic mass is 16.2. The summed E-state index contributed by atoms with van der Waals surface area (Å²) in [7, 11) is 0. The Morgan fingerprint density at radius 1 is 1.35 bits per heavy atom. The highest BCUT2D eigenvalue weighted by Gasteiger charge is 2.22. The molecule has 0 aromatic heterocycles. The minimum absolute atomic E-state index is 0.0285. The maximum Gasteiger partial charge on any atom is 0.237 e. The van der Waals surface area contributed by atoms with Gasteiger partial charge in [0.1, 0.15) is 0 Å². The van der Waals surface area contributed by atoms with Crippen molar-refractivity contribution in [2.24, 2.45) is 5.73 Å². The lowest BCUT2D eigenvalue weighted by atomic mass is 10.0. The van der Waals surface area contributed by atoms with Crippen LogP contribution in [-0.2, 0) is 4.79 Å². The van der Waals surface area contributed by atoms with Crippen LogP contribution in [0.25, 0.3) is 0 Å². The van der Waals surface area contributed by atoms with Crippen molar-refractivity contribution in [3.8, 4) is 0 Å². The number of nitrogens with two attached hydrogens (primary N) is 1. The van der Waals surface area contributed by atoms with Crippen molar-refractivity contribution >= 4 is 5.91 Å². The monoisotopic (exact) mass is 241 g/mol. The molecule has 1 fully saturated rings. The lowest BCUT2D eigenvalue weighted by Gasteiger charge is -2.32. The van der Waals surface area contributed by atoms with Crippen molar-refractivity contribution in [2.75, 3.05) is 19.6 Å². The molecule has 1 aliphatic rings. The van der Waals surface area contributed by atoms with Crippen LogP contribution in [0.5, 0.6) is 0 Å². The number of hydrogen-bond donors (Lipinski definition) is 2. The van der Waals surface area contributed by atoms with E-state index >= 15 is 0 Å². The summed E-state index contributed by atoms with van der Waals surface area (Å²) in [4.78, 5) is 14.2. The molecular weight excluding hydrogens is 214 g/mol. The zero-order valence-corrected chi connectivity index (χ0v) is 11.2. The first-order valence-electron chi connectivity index (χ1n) is 6.95. The van der Waals surface area contributed by atoms with Crippen LogP contribution in [0.1, 0.15) is 46.0 Å². The van der Waals surface area contributed by atoms with E-state index in [4.69, 9.17) is 5.73 Å². The first kappa shape index (κ1) is 14.5. The minimum Gasteiger partial charge on any atom is -0.352 e. The second-order valence-corrected chi connectivity index (χ2v) is 5.02. The highest BCUT2D eigenvalue weighted by Crippen LogP contribution is 2.10. The third-order valence-corrected chi connectivity index (χ3v) is 3.41. The van der Waals surface area contributed by atoms with Crippen molar-refractivity contribution < 1.29 is 4.79 Å². The zero-order chi connectivity index (χ0) is 12.7. The molecule has 1 aliphatic heterocycles. The van der Waals surface area contributed by atoms with Crippen LogP contribution in [0.4, 0.5) is 0 Å². The van der Waals surface area contributed by atoms with Gasteiger partial charge >= 0.3 is 0 Å². The molecule has 1 heterocycles. The Hall–Kier alpha value is -0.610. The van der Waals surface area contributed by atoms with Gasteiger partial charge in [-0.15, -0.1) is 0 Å². The SMILES string of the molecule is CCC[C@@H](N)C(=O)NC1CCN(CCC)CC1. The fourth-order valence-corrected chi connectivity index (χ4v) is 2.37. The number of carbonyl (C=O) groups is 1. The van der Waals surface area contributed by atoms with Crippen LogP contribution in [0, 0.1) is 0 Å². The van der Waals surface area contributed by atoms with E-state index in [-0.39, 0.29) is 11.9 Å². The van der Waals surface area contributed by atoms with Gasteiger partial charge in [0.15, 0.2) is 0 Å². The van der Waals surface area contributed by atoms with Crippen LogP contribution < -0.4 is 11.1 Å². The molecule has 4 nitrogen and oxygen atoms in total. The Bertz CT molecular complexity index is 225. The van der Waals surface area contributed by atoms with Gasteiger partial charge < -0.3 is 16.0 Å². The first-order valence-corrected chi connectivity index (χ1v) is 6.95. The topological polar surface area (TPSA) is 58.4 Å². The van der Waals surface area contributed by atoms with Crippen LogP contribution in [-0.4, -0.2) is 42.5 Å². The van der Waals surface area contributed by atoms with Gasteiger partial charge in [-0.25, -0.2) is 0 Å². The highest BCUT2D eigenvalue weighted by molar-refractivity contribution is 5.81. The minimum atomic E-state index is -0.325. The average molecular weight is 241 g/mol. The van der Waals surface area contributed by atoms with Crippen molar-refractivity contribution in [3.63, 3.8) is 0 Å². The molecule has 17 heavy (non-hydrogen) atoms. The Morgan fingerprint density at radius 2 is 2.00 bits per heavy atom. The number of likely N-dealkylation sites (tertiary alicyclic amines) is 1. The van der Waals surface area contributed by atoms with Gasteiger partial charge in [0.2, 0.25) is 5.91 Å². The maximum atomic E-state index is 11.8. The van der Waals surface area contributed by atoms with Gasteiger partial charge in [0.05, 0.1) is 6.04 Å². The molecule has 100 valence electrons. The summed E-state index contributed by atoms with van der Waals surface area (Å²) in [6.45, 7) is 7.63. The molecule has 3 N–H and O–H groups in total. The Balaban J connectivity index is 2.23. The van der Waals surface area contributed by atoms with Crippen molar-refractivity contribution in [1.29, 1.82) is 0 Å². The lowest BCUT2D eigenvalue weighted by Crippen LogP contribution is -2.49. The van der Waals surface area contributed by atoms with E-state index in [0.29, 0.717) is 6.04 Å². The second-order valence-electron chi connectivity index (χ2n) is 5.02. The second kappa shape index (κ2) is 7.67. The van der Waals surface area contributed by atoms with Gasteiger partial charge in [-0.3, -0.25) is 4.79 Å². The number of rotatable bonds is 6. The van der Waals surface area contributed by atoms with Crippen LogP contribution in [0.15, 0.2) is 0 Å². The smallest absolute Gasteiger partial charge is 0.237 e. The third kappa shape index (κ3) is 5.04. The molecule has 0 radical (unpaired) electrons. The third-order valence-electron chi connectivity index (χ3n) is 3.41. The Morgan fingerprint density at radius 3 is 2.53 bits per heavy atom. The fraction of sp³-hybridized carbons (Fsp3) is 0.923. The average Bonchev–Trinajstić information content (AvgIpc) is 2.32. The van der Waals surface area contributed by atoms with Crippen LogP contribution in [0.3, 0.4) is 0 Å². The maximum absolute atomic E-state index is 11.8. The standard InChI is InChI=1S/C13H27N3O/c1-3-5-12(14)13(17)15-11-6-9-16(8-4-2)10-7-11/h11-12H,3-10,14H2,1-2H3,(H,15,17)/t12-/m1/s1. The Kier molecular flexibility index (Phi) is 6.52. The molecule has 0 saturated carbocycles. The quantitative estimate of drug-likeness (QED) is 0.732. The molecule has 1 atom stereocenters. The molecule has 1 saturated heterocycles. The van der Waals surface area contributed by atoms with Crippen LogP contribution >= 0.6 is 0 Å². The molecule has 1 amide bonds. The Labute approximate surface area is 105 Å². The van der Waals surface area contributed by atoms with E-state index in [1.165, 1.54) is 13.0 Å². The molecule has 1 rings (SSSR count). The normalized spacial score (nSPS) is 20.2. The van der Waals surface area contributed by atoms with E-state index in [0.717, 1.165) is 38.8 Å². The number of piperidine rings is 1. The van der Waals surface area contributed by atoms with Gasteiger partial charge in [-0.05, 0) is 32.2 Å². The fourth-order valence-electron chi connectivity index (χ4n) is 2.37. The van der Waals surface area contributed by atoms with Crippen molar-refractivity contribution in [3.05, 3.63) is 0 Å². The predicted molar refractivity (Wildman–Crippen MR) is 70.8 cm³/mol. The number of carbonyl (C=O) groups excluding carboxylic acids is 1. The molecule has 0 spiro atoms. The predicted octanol–water partition coefficient (Wildman–Crippen LogP) is 1.10. The number of amides is 1. The molecule has 4 heteroatoms. The summed E-state index contributed by atoms with van der Waals surface area (Å²) in [6.07, 6.45) is 5.07. The number of hydrogen-bond acceptors (Lipinski definition) is 3. The van der Waals surface area contributed by atoms with Crippen molar-refractivity contribution in [1.82, 2.24) is 10.2 Å². The zero-order valence-electron chi connectivity index (χ0n) is 11.2. The number of nitrogens with zero attached hydrogens (tertiary/aromatic N) is 1. The van der Waals surface area contributed by atoms with Crippen molar-refractivity contribution in [2.45, 2.75) is 58.0 Å². The van der Waals surface area contributed by atoms with Gasteiger partial charge in [-0.1, -0.05) is 20.3 Å². The van der Waals surface area contributed by atoms with Gasteiger partial charge in [-0.2, -0.15) is 0 Å². The summed E-state index contributed by atoms with van der Waals surface area (Å²) in [6, 6.07) is 0.00665. The molecule has 0 unspecified atom stereocenters. The first-order chi connectivity index (χ1) is 8.17. The molecule has 0 bridgehead atoms. The molecular formula is C13H27N3O. The largest absolute Gasteiger partial charge is 0.352 e. The summed E-state index contributed by atoms with van der Waals surface area (Å²) >= 11 is 0. The van der Waals surface area contributed by atoms with E-state index in [2.05, 4.69) is 24.1 Å².